The van der Waals surface area contributed by atoms with E-state index in [9.17, 15) is 73.8 Å². The first-order valence-electron chi connectivity index (χ1n) is 48.5. The summed E-state index contributed by atoms with van der Waals surface area (Å²) in [5, 5.41) is 71.5. The second kappa shape index (κ2) is 61.3. The Balaban J connectivity index is 0.000000599. The van der Waals surface area contributed by atoms with E-state index in [2.05, 4.69) is 48.8 Å². The Hall–Kier alpha value is -10.3. The van der Waals surface area contributed by atoms with E-state index >= 15 is 0 Å². The number of anilines is 1. The molecule has 5 fully saturated rings. The number of ether oxygens (including phenoxy) is 18. The number of amides is 1. The molecule has 0 radical (unpaired) electrons. The lowest BCUT2D eigenvalue weighted by atomic mass is 9.84. The number of carbonyl (C=O) groups is 1. The zero-order valence-corrected chi connectivity index (χ0v) is 88.7. The van der Waals surface area contributed by atoms with Gasteiger partial charge in [-0.25, -0.2) is 19.2 Å². The second-order valence-electron chi connectivity index (χ2n) is 36.2. The fourth-order valence-electron chi connectivity index (χ4n) is 15.7. The van der Waals surface area contributed by atoms with Gasteiger partial charge in [-0.1, -0.05) is 104 Å². The maximum atomic E-state index is 12.3. The highest BCUT2D eigenvalue weighted by Gasteiger charge is 2.53. The number of hydrogen-bond donors (Lipinski definition) is 11. The molecule has 0 spiro atoms. The molecular weight excluding hydrogens is 1960 g/mol. The van der Waals surface area contributed by atoms with Gasteiger partial charge in [0.25, 0.3) is 22.2 Å². The van der Waals surface area contributed by atoms with Gasteiger partial charge in [-0.05, 0) is 141 Å². The second-order valence-corrected chi connectivity index (χ2v) is 36.7. The van der Waals surface area contributed by atoms with Gasteiger partial charge in [0.05, 0.1) is 109 Å². The monoisotopic (exact) mass is 2120 g/mol. The number of hydrogen-bond acceptors (Lipinski definition) is 36. The van der Waals surface area contributed by atoms with Crippen LogP contribution >= 0.6 is 11.6 Å². The maximum absolute atomic E-state index is 12.3. The zero-order chi connectivity index (χ0) is 109. The van der Waals surface area contributed by atoms with E-state index in [0.717, 1.165) is 45.8 Å². The van der Waals surface area contributed by atoms with Crippen LogP contribution in [0.1, 0.15) is 192 Å². The molecule has 45 nitrogen and oxygen atoms in total. The fraction of sp³-hybridized carbons (Fsp3) is 0.618. The maximum Gasteiger partial charge on any atom is 0.351 e. The van der Waals surface area contributed by atoms with E-state index in [1.165, 1.54) is 58.6 Å². The number of methoxy groups -OCH3 is 8. The molecule has 11 N–H and O–H groups in total. The summed E-state index contributed by atoms with van der Waals surface area (Å²) in [6.07, 6.45) is -5.06. The van der Waals surface area contributed by atoms with Gasteiger partial charge in [0.1, 0.15) is 83.2 Å². The topological polar surface area (TPSA) is 571 Å². The van der Waals surface area contributed by atoms with Crippen LogP contribution in [0, 0.1) is 33.6 Å². The van der Waals surface area contributed by atoms with Crippen molar-refractivity contribution in [1.29, 1.82) is 0 Å². The average Bonchev–Trinajstić information content (AvgIpc) is 1.52. The molecule has 0 bridgehead atoms. The van der Waals surface area contributed by atoms with Gasteiger partial charge >= 0.3 is 28.8 Å². The van der Waals surface area contributed by atoms with Gasteiger partial charge in [-0.15, -0.1) is 11.6 Å². The van der Waals surface area contributed by atoms with Crippen molar-refractivity contribution >= 4 is 23.3 Å². The normalized spacial score (nSPS) is 24.8. The Labute approximate surface area is 870 Å². The summed E-state index contributed by atoms with van der Waals surface area (Å²) in [5.74, 6) is 2.12. The average molecular weight is 2120 g/mol. The minimum atomic E-state index is -1.12. The van der Waals surface area contributed by atoms with Crippen molar-refractivity contribution < 1.29 is 132 Å². The van der Waals surface area contributed by atoms with Crippen molar-refractivity contribution in [2.75, 3.05) is 108 Å². The first kappa shape index (κ1) is 126. The first-order chi connectivity index (χ1) is 69.9. The quantitative estimate of drug-likeness (QED) is 0.0143. The number of benzene rings is 3. The summed E-state index contributed by atoms with van der Waals surface area (Å²) >= 11 is 7.22. The molecule has 3 aromatic carbocycles. The molecule has 11 heterocycles. The van der Waals surface area contributed by atoms with E-state index in [0.29, 0.717) is 47.4 Å². The number of alkyl halides is 1. The molecule has 148 heavy (non-hydrogen) atoms. The minimum Gasteiger partial charge on any atom is -0.497 e. The Morgan fingerprint density at radius 1 is 0.439 bits per heavy atom. The molecule has 5 aromatic heterocycles. The molecule has 0 saturated carbocycles. The van der Waals surface area contributed by atoms with Crippen LogP contribution in [-0.4, -0.2) is 315 Å². The highest BCUT2D eigenvalue weighted by Crippen LogP contribution is 2.45. The van der Waals surface area contributed by atoms with Crippen molar-refractivity contribution in [1.82, 2.24) is 47.8 Å². The van der Waals surface area contributed by atoms with E-state index in [1.54, 1.807) is 102 Å². The molecule has 1 amide bonds. The molecule has 25 atom stereocenters. The molecule has 6 aliphatic heterocycles. The van der Waals surface area contributed by atoms with Crippen LogP contribution in [0.5, 0.6) is 17.5 Å². The number of rotatable bonds is 35. The summed E-state index contributed by atoms with van der Waals surface area (Å²) in [6.45, 7) is 30.2. The van der Waals surface area contributed by atoms with Crippen molar-refractivity contribution in [3.8, 4) is 17.5 Å². The van der Waals surface area contributed by atoms with Crippen molar-refractivity contribution in [3.05, 3.63) is 238 Å². The van der Waals surface area contributed by atoms with E-state index in [4.69, 9.17) is 97.2 Å². The standard InChI is InChI=1S/C21H19ClO2.C16H25N3O6.2C15H24N2O6.C14H22N2O7.C11H14N2O4.C5H12O.C4H10O2.CH4.4H2/c1-23-19-12-8-17(9-13-19)21(22,16-6-4-3-5-7-16)18-10-14-20(24-2)15-11-18;1-5-11-13(21)14(24-8-9(2)23-4)15(25-11)19-7-6-12(17-10(3)20)18-16(19)22;2*1-5-10-11(18)12(22-7-9(3)21-4)14(23-10)17-6-8(2)13(19)16-15(17)20;1-7-4-16(14(20)15-12(7)19)13-11(22-6-8(2)21-3)10(18)9(5-17)23-13;1-3-6-7(14)8-10(16-6)13-4-5(2)9(15)12-11(13)17-8;1-5(2)4-6-3;1-4(3-5)6-2;;;;;/h3-15H,1-2H3;6-7,9,11,13-15,21H,5,8H2,1-4H3,(H,17,18,20,22);2*6,9-12,14,18H,5,7H2,1-4H3,(H,16,19,20);4,8-11,13,17-18H,5-6H2,1-3H3,(H,15,19,20);4,6-8,10,14H,3H2,1-2H3;5H,4H2,1-3H3;4-5H,3H2,1-2H3;1H4;4*1H/t;9?,11-,13?,14+,15-;2*9?,10-,11?,12+,14-;8?,9-,10?,11+,13-;6-,7?,8-,10-;;;;;;;/m.11111......./s1. The van der Waals surface area contributed by atoms with Gasteiger partial charge in [0, 0.05) is 115 Å². The molecule has 6 aliphatic rings. The van der Waals surface area contributed by atoms with Crippen molar-refractivity contribution in [2.45, 2.75) is 302 Å². The number of fused-ring (bicyclic) bond motifs is 3. The molecule has 14 rings (SSSR count). The fourth-order valence-corrected chi connectivity index (χ4v) is 16.0. The van der Waals surface area contributed by atoms with Crippen LogP contribution in [-0.2, 0) is 80.7 Å². The number of aliphatic hydroxyl groups excluding tert-OH is 7. The first-order valence-corrected chi connectivity index (χ1v) is 48.9. The summed E-state index contributed by atoms with van der Waals surface area (Å²) in [5.41, 5.74) is 0.457. The number of aromatic amines is 3. The Morgan fingerprint density at radius 2 is 0.770 bits per heavy atom. The van der Waals surface area contributed by atoms with Crippen LogP contribution < -0.4 is 64.5 Å². The highest BCUT2D eigenvalue weighted by molar-refractivity contribution is 6.28. The van der Waals surface area contributed by atoms with E-state index in [-0.39, 0.29) is 112 Å². The molecule has 0 aliphatic carbocycles. The summed E-state index contributed by atoms with van der Waals surface area (Å²) < 4.78 is 104. The van der Waals surface area contributed by atoms with Gasteiger partial charge in [-0.3, -0.25) is 61.8 Å². The number of aryl methyl sites for hydroxylation is 4. The van der Waals surface area contributed by atoms with Crippen LogP contribution in [0.25, 0.3) is 0 Å². The number of aliphatic hydroxyl groups is 7. The molecule has 8 aromatic rings. The molecule has 836 valence electrons. The van der Waals surface area contributed by atoms with E-state index in [1.807, 2.05) is 127 Å². The van der Waals surface area contributed by atoms with Gasteiger partial charge in [0.15, 0.2) is 37.2 Å². The third kappa shape index (κ3) is 33.9. The Bertz CT molecular complexity index is 5540. The zero-order valence-electron chi connectivity index (χ0n) is 87.9. The number of nitrogens with zero attached hydrogens (tertiary/aromatic N) is 7. The number of halogens is 1. The van der Waals surface area contributed by atoms with Crippen molar-refractivity contribution in [3.63, 3.8) is 0 Å². The third-order valence-corrected chi connectivity index (χ3v) is 25.3. The number of H-pyrrole nitrogens is 3. The summed E-state index contributed by atoms with van der Waals surface area (Å²) in [6, 6.07) is 27.5. The number of carbonyl (C=O) groups excluding carboxylic acids is 1. The minimum absolute atomic E-state index is 0. The predicted octanol–water partition coefficient (Wildman–Crippen LogP) is 6.81. The highest BCUT2D eigenvalue weighted by atomic mass is 35.5. The van der Waals surface area contributed by atoms with Crippen molar-refractivity contribution in [2.24, 2.45) is 5.92 Å². The lowest BCUT2D eigenvalue weighted by molar-refractivity contribution is -0.114. The van der Waals surface area contributed by atoms with Gasteiger partial charge in [0.2, 0.25) is 5.91 Å². The predicted molar refractivity (Wildman–Crippen MR) is 555 cm³/mol. The van der Waals surface area contributed by atoms with Gasteiger partial charge < -0.3 is 126 Å². The molecule has 5 saturated heterocycles. The Morgan fingerprint density at radius 3 is 1.07 bits per heavy atom. The number of aromatic nitrogens is 10. The SMILES string of the molecule is C.CC[C@H]1O[C@@H](n2cc(C)c(=O)[nH]c2=O)[C@@H](OCC(C)OC)C1O.CC[C@H]1O[C@@H](n2cc(C)c(=O)[nH]c2=O)[C@@H](OCC(C)OC)C1O.CC[C@H]1O[C@@H](n2ccc(NC(C)=O)nc2=O)[C@@H](OCC(C)OC)C1O.CC[C@H]1O[C@@H]2[C@H](Oc3nc(=O)c(C)cn32)C1O.COC(C)CO.COC(C)CO[C@H]1C(O)[C@@H](CO)O[C@H]1n1cc(C)c(=O)[nH]c1=O.COCC(C)C.COc1ccc(C(Cl)(c2ccccc2)c2ccc(OC)cc2)cc1.[HH].[HH].[HH].[HH]. The third-order valence-electron chi connectivity index (χ3n) is 24.6. The smallest absolute Gasteiger partial charge is 0.351 e. The number of nitrogens with one attached hydrogen (secondary N) is 4. The van der Waals surface area contributed by atoms with Crippen LogP contribution in [0.3, 0.4) is 0 Å². The lowest BCUT2D eigenvalue weighted by Gasteiger charge is -2.29. The lowest BCUT2D eigenvalue weighted by Crippen LogP contribution is -2.41. The van der Waals surface area contributed by atoms with Crippen LogP contribution in [0.2, 0.25) is 0 Å². The van der Waals surface area contributed by atoms with Gasteiger partial charge in [-0.2, -0.15) is 9.97 Å². The molecule has 10 unspecified atom stereocenters. The summed E-state index contributed by atoms with van der Waals surface area (Å²) in [4.78, 5) is 119. The van der Waals surface area contributed by atoms with Crippen LogP contribution in [0.15, 0.2) is 154 Å². The summed E-state index contributed by atoms with van der Waals surface area (Å²) in [7, 11) is 12.8. The molecule has 46 heteroatoms. The molecular formula is C102H162ClN11O34. The largest absolute Gasteiger partial charge is 0.497 e. The van der Waals surface area contributed by atoms with E-state index < -0.39 is 161 Å². The van der Waals surface area contributed by atoms with Crippen LogP contribution in [0.4, 0.5) is 5.82 Å². The Kier molecular flexibility index (Phi) is 52.4.